The Morgan fingerprint density at radius 2 is 2.12 bits per heavy atom. The molecule has 0 bridgehead atoms. The Balaban J connectivity index is 1.50. The van der Waals surface area contributed by atoms with Gasteiger partial charge >= 0.3 is 0 Å². The lowest BCUT2D eigenvalue weighted by Gasteiger charge is -2.26. The number of hydrogen-bond acceptors (Lipinski definition) is 6. The quantitative estimate of drug-likeness (QED) is 0.787. The largest absolute Gasteiger partial charge is 0.396 e. The second kappa shape index (κ2) is 9.17. The summed E-state index contributed by atoms with van der Waals surface area (Å²) in [4.78, 5) is 19.3. The zero-order chi connectivity index (χ0) is 18.5. The van der Waals surface area contributed by atoms with Gasteiger partial charge in [-0.3, -0.25) is 4.79 Å². The number of nitrogens with zero attached hydrogens (tertiary/aromatic N) is 4. The van der Waals surface area contributed by atoms with Crippen molar-refractivity contribution < 1.29 is 14.4 Å². The lowest BCUT2D eigenvalue weighted by atomic mass is 9.96. The molecule has 2 aliphatic heterocycles. The maximum absolute atomic E-state index is 12.6. The van der Waals surface area contributed by atoms with Gasteiger partial charge in [-0.1, -0.05) is 16.8 Å². The average molecular weight is 385 g/mol. The van der Waals surface area contributed by atoms with E-state index in [4.69, 9.17) is 16.1 Å². The zero-order valence-corrected chi connectivity index (χ0v) is 16.2. The summed E-state index contributed by atoms with van der Waals surface area (Å²) in [7, 11) is 2.16. The molecule has 2 fully saturated rings. The molecule has 0 radical (unpaired) electrons. The Bertz CT molecular complexity index is 597. The topological polar surface area (TPSA) is 73.0 Å². The van der Waals surface area contributed by atoms with Crippen LogP contribution in [0.2, 0.25) is 5.15 Å². The highest BCUT2D eigenvalue weighted by atomic mass is 35.5. The number of halogens is 1. The lowest BCUT2D eigenvalue weighted by molar-refractivity contribution is -0.130. The molecule has 146 valence electrons. The summed E-state index contributed by atoms with van der Waals surface area (Å²) in [6, 6.07) is 1.65. The molecule has 0 unspecified atom stereocenters. The van der Waals surface area contributed by atoms with Crippen LogP contribution in [0.4, 0.5) is 0 Å². The van der Waals surface area contributed by atoms with Gasteiger partial charge in [0.05, 0.1) is 0 Å². The van der Waals surface area contributed by atoms with E-state index in [0.29, 0.717) is 36.2 Å². The summed E-state index contributed by atoms with van der Waals surface area (Å²) >= 11 is 5.74. The summed E-state index contributed by atoms with van der Waals surface area (Å²) in [6.07, 6.45) is 2.06. The van der Waals surface area contributed by atoms with Gasteiger partial charge in [0, 0.05) is 64.2 Å². The van der Waals surface area contributed by atoms with E-state index in [2.05, 4.69) is 22.0 Å². The average Bonchev–Trinajstić information content (AvgIpc) is 3.17. The molecule has 0 aromatic carbocycles. The maximum Gasteiger partial charge on any atom is 0.223 e. The van der Waals surface area contributed by atoms with Gasteiger partial charge in [-0.15, -0.1) is 0 Å². The van der Waals surface area contributed by atoms with E-state index < -0.39 is 0 Å². The molecule has 2 aliphatic rings. The normalized spacial score (nSPS) is 25.6. The van der Waals surface area contributed by atoms with Crippen LogP contribution >= 0.6 is 11.6 Å². The number of amides is 1. The number of aliphatic hydroxyl groups excluding tert-OH is 1. The summed E-state index contributed by atoms with van der Waals surface area (Å²) in [5.41, 5.74) is 0. The van der Waals surface area contributed by atoms with E-state index in [1.165, 1.54) is 6.42 Å². The lowest BCUT2D eigenvalue weighted by Crippen LogP contribution is -2.36. The molecular formula is C18H29ClN4O3. The van der Waals surface area contributed by atoms with Crippen LogP contribution in [0, 0.1) is 11.8 Å². The van der Waals surface area contributed by atoms with Crippen molar-refractivity contribution in [3.63, 3.8) is 0 Å². The van der Waals surface area contributed by atoms with Crippen LogP contribution in [-0.2, 0) is 11.2 Å². The van der Waals surface area contributed by atoms with Crippen LogP contribution in [0.5, 0.6) is 0 Å². The molecule has 1 N–H and O–H groups in total. The third-order valence-corrected chi connectivity index (χ3v) is 5.76. The molecule has 1 aromatic rings. The summed E-state index contributed by atoms with van der Waals surface area (Å²) < 4.78 is 5.06. The Hall–Kier alpha value is -1.15. The standard InChI is InChI=1S/C18H29ClN4O3/c1-21-5-2-6-22(8-7-21)10-14-11-23(12-15(14)13-24)18(25)4-3-16-9-17(19)20-26-16/h9,14-15,24H,2-8,10-13H2,1H3/t14-,15-/m1/s1. The Labute approximate surface area is 159 Å². The molecule has 0 aliphatic carbocycles. The molecule has 26 heavy (non-hydrogen) atoms. The number of likely N-dealkylation sites (tertiary alicyclic amines) is 1. The summed E-state index contributed by atoms with van der Waals surface area (Å²) in [5, 5.41) is 13.7. The van der Waals surface area contributed by atoms with Crippen molar-refractivity contribution in [3.05, 3.63) is 17.0 Å². The van der Waals surface area contributed by atoms with Gasteiger partial charge in [-0.2, -0.15) is 0 Å². The monoisotopic (exact) mass is 384 g/mol. The second-order valence-electron chi connectivity index (χ2n) is 7.57. The fraction of sp³-hybridized carbons (Fsp3) is 0.778. The van der Waals surface area contributed by atoms with Crippen molar-refractivity contribution in [2.45, 2.75) is 19.3 Å². The number of aliphatic hydroxyl groups is 1. The van der Waals surface area contributed by atoms with Crippen LogP contribution < -0.4 is 0 Å². The minimum atomic E-state index is 0.106. The molecule has 0 saturated carbocycles. The van der Waals surface area contributed by atoms with Crippen molar-refractivity contribution >= 4 is 17.5 Å². The Morgan fingerprint density at radius 3 is 2.85 bits per heavy atom. The van der Waals surface area contributed by atoms with Crippen LogP contribution in [0.25, 0.3) is 0 Å². The van der Waals surface area contributed by atoms with E-state index in [9.17, 15) is 9.90 Å². The van der Waals surface area contributed by atoms with Gasteiger partial charge in [-0.25, -0.2) is 0 Å². The van der Waals surface area contributed by atoms with Crippen molar-refractivity contribution in [2.24, 2.45) is 11.8 Å². The van der Waals surface area contributed by atoms with Gasteiger partial charge in [0.15, 0.2) is 5.15 Å². The number of rotatable bonds is 6. The molecule has 1 aromatic heterocycles. The van der Waals surface area contributed by atoms with Crippen LogP contribution in [0.3, 0.4) is 0 Å². The van der Waals surface area contributed by atoms with Crippen molar-refractivity contribution in [1.29, 1.82) is 0 Å². The number of aryl methyl sites for hydroxylation is 1. The summed E-state index contributed by atoms with van der Waals surface area (Å²) in [6.45, 7) is 6.85. The third-order valence-electron chi connectivity index (χ3n) is 5.58. The highest BCUT2D eigenvalue weighted by molar-refractivity contribution is 6.29. The fourth-order valence-corrected chi connectivity index (χ4v) is 4.12. The third kappa shape index (κ3) is 5.19. The fourth-order valence-electron chi connectivity index (χ4n) is 3.96. The van der Waals surface area contributed by atoms with Crippen LogP contribution in [-0.4, -0.2) is 90.3 Å². The van der Waals surface area contributed by atoms with Gasteiger partial charge in [0.25, 0.3) is 0 Å². The van der Waals surface area contributed by atoms with E-state index >= 15 is 0 Å². The molecule has 1 amide bonds. The highest BCUT2D eigenvalue weighted by Crippen LogP contribution is 2.25. The molecule has 0 spiro atoms. The second-order valence-corrected chi connectivity index (χ2v) is 7.96. The maximum atomic E-state index is 12.6. The van der Waals surface area contributed by atoms with E-state index in [0.717, 1.165) is 39.3 Å². The molecule has 3 heterocycles. The van der Waals surface area contributed by atoms with E-state index in [1.807, 2.05) is 4.90 Å². The zero-order valence-electron chi connectivity index (χ0n) is 15.4. The summed E-state index contributed by atoms with van der Waals surface area (Å²) in [5.74, 6) is 1.24. The molecular weight excluding hydrogens is 356 g/mol. The smallest absolute Gasteiger partial charge is 0.223 e. The first kappa shape index (κ1) is 19.6. The highest BCUT2D eigenvalue weighted by Gasteiger charge is 2.35. The van der Waals surface area contributed by atoms with E-state index in [-0.39, 0.29) is 18.4 Å². The molecule has 8 heteroatoms. The minimum Gasteiger partial charge on any atom is -0.396 e. The minimum absolute atomic E-state index is 0.106. The Morgan fingerprint density at radius 1 is 1.31 bits per heavy atom. The number of likely N-dealkylation sites (N-methyl/N-ethyl adjacent to an activating group) is 1. The predicted octanol–water partition coefficient (Wildman–Crippen LogP) is 0.965. The SMILES string of the molecule is CN1CCCN(C[C@@H]2CN(C(=O)CCc3cc(Cl)no3)C[C@@H]2CO)CC1. The van der Waals surface area contributed by atoms with Gasteiger partial charge in [0.1, 0.15) is 5.76 Å². The molecule has 7 nitrogen and oxygen atoms in total. The molecule has 2 saturated heterocycles. The van der Waals surface area contributed by atoms with Crippen molar-refractivity contribution in [1.82, 2.24) is 19.9 Å². The first-order chi connectivity index (χ1) is 12.5. The number of hydrogen-bond donors (Lipinski definition) is 1. The van der Waals surface area contributed by atoms with Gasteiger partial charge in [0.2, 0.25) is 5.91 Å². The van der Waals surface area contributed by atoms with Crippen LogP contribution in [0.15, 0.2) is 10.6 Å². The first-order valence-corrected chi connectivity index (χ1v) is 9.83. The van der Waals surface area contributed by atoms with Crippen molar-refractivity contribution in [3.8, 4) is 0 Å². The number of carbonyl (C=O) groups is 1. The van der Waals surface area contributed by atoms with Crippen molar-refractivity contribution in [2.75, 3.05) is 59.5 Å². The first-order valence-electron chi connectivity index (χ1n) is 9.45. The van der Waals surface area contributed by atoms with Gasteiger partial charge in [-0.05, 0) is 32.5 Å². The van der Waals surface area contributed by atoms with Crippen LogP contribution in [0.1, 0.15) is 18.6 Å². The number of carbonyl (C=O) groups excluding carboxylic acids is 1. The molecule has 2 atom stereocenters. The number of aromatic nitrogens is 1. The molecule has 3 rings (SSSR count). The van der Waals surface area contributed by atoms with Gasteiger partial charge < -0.3 is 24.3 Å². The van der Waals surface area contributed by atoms with E-state index in [1.54, 1.807) is 6.07 Å². The Kier molecular flexibility index (Phi) is 6.92. The predicted molar refractivity (Wildman–Crippen MR) is 99.0 cm³/mol.